The van der Waals surface area contributed by atoms with Crippen LogP contribution in [-0.2, 0) is 6.54 Å². The minimum Gasteiger partial charge on any atom is -0.378 e. The van der Waals surface area contributed by atoms with Gasteiger partial charge in [0.2, 0.25) is 0 Å². The number of nitrogens with zero attached hydrogens (tertiary/aromatic N) is 2. The molecule has 0 spiro atoms. The second-order valence-electron chi connectivity index (χ2n) is 6.44. The van der Waals surface area contributed by atoms with E-state index in [1.54, 1.807) is 0 Å². The van der Waals surface area contributed by atoms with Crippen LogP contribution in [0.3, 0.4) is 0 Å². The van der Waals surface area contributed by atoms with Gasteiger partial charge in [0, 0.05) is 32.9 Å². The normalized spacial score (nSPS) is 20.8. The molecule has 1 aromatic rings. The minimum absolute atomic E-state index is 0.818. The highest BCUT2D eigenvalue weighted by atomic mass is 15.1. The van der Waals surface area contributed by atoms with Crippen LogP contribution in [0.5, 0.6) is 0 Å². The molecule has 2 rings (SSSR count). The van der Waals surface area contributed by atoms with Crippen molar-refractivity contribution in [3.63, 3.8) is 0 Å². The van der Waals surface area contributed by atoms with Crippen molar-refractivity contribution in [1.82, 2.24) is 4.90 Å². The van der Waals surface area contributed by atoms with Gasteiger partial charge >= 0.3 is 0 Å². The summed E-state index contributed by atoms with van der Waals surface area (Å²) >= 11 is 0. The SMILES string of the molecule is CC(C)[C@@H]1CCCN(Cc2ccc(N(C)C)cc2)C1. The first-order chi connectivity index (χ1) is 9.06. The molecule has 0 saturated carbocycles. The van der Waals surface area contributed by atoms with Crippen molar-refractivity contribution in [2.24, 2.45) is 11.8 Å². The van der Waals surface area contributed by atoms with Gasteiger partial charge in [-0.2, -0.15) is 0 Å². The standard InChI is InChI=1S/C17H28N2/c1-14(2)16-6-5-11-19(13-16)12-15-7-9-17(10-8-15)18(3)4/h7-10,14,16H,5-6,11-13H2,1-4H3/t16-/m1/s1. The van der Waals surface area contributed by atoms with Gasteiger partial charge in [0.05, 0.1) is 0 Å². The lowest BCUT2D eigenvalue weighted by atomic mass is 9.88. The van der Waals surface area contributed by atoms with Crippen LogP contribution in [0, 0.1) is 11.8 Å². The molecule has 0 aromatic heterocycles. The molecule has 1 aromatic carbocycles. The van der Waals surface area contributed by atoms with E-state index in [-0.39, 0.29) is 0 Å². The fraction of sp³-hybridized carbons (Fsp3) is 0.647. The number of anilines is 1. The highest BCUT2D eigenvalue weighted by Gasteiger charge is 2.22. The molecule has 2 heteroatoms. The molecule has 0 aliphatic carbocycles. The Morgan fingerprint density at radius 1 is 1.21 bits per heavy atom. The molecule has 0 unspecified atom stereocenters. The van der Waals surface area contributed by atoms with Crippen LogP contribution < -0.4 is 4.90 Å². The largest absolute Gasteiger partial charge is 0.378 e. The first kappa shape index (κ1) is 14.4. The van der Waals surface area contributed by atoms with Crippen LogP contribution in [0.15, 0.2) is 24.3 Å². The molecule has 1 aliphatic rings. The van der Waals surface area contributed by atoms with E-state index >= 15 is 0 Å². The van der Waals surface area contributed by atoms with Crippen molar-refractivity contribution >= 4 is 5.69 Å². The second-order valence-corrected chi connectivity index (χ2v) is 6.44. The molecular formula is C17H28N2. The van der Waals surface area contributed by atoms with E-state index in [1.807, 2.05) is 0 Å². The maximum Gasteiger partial charge on any atom is 0.0361 e. The zero-order valence-corrected chi connectivity index (χ0v) is 12.9. The van der Waals surface area contributed by atoms with Gasteiger partial charge < -0.3 is 4.90 Å². The summed E-state index contributed by atoms with van der Waals surface area (Å²) in [4.78, 5) is 4.78. The van der Waals surface area contributed by atoms with Gasteiger partial charge in [-0.3, -0.25) is 4.90 Å². The van der Waals surface area contributed by atoms with Crippen LogP contribution in [-0.4, -0.2) is 32.1 Å². The summed E-state index contributed by atoms with van der Waals surface area (Å²) in [6.07, 6.45) is 2.77. The van der Waals surface area contributed by atoms with E-state index in [0.29, 0.717) is 0 Å². The quantitative estimate of drug-likeness (QED) is 0.816. The second kappa shape index (κ2) is 6.42. The highest BCUT2D eigenvalue weighted by molar-refractivity contribution is 5.45. The summed E-state index contributed by atoms with van der Waals surface area (Å²) in [5, 5.41) is 0. The van der Waals surface area contributed by atoms with Crippen LogP contribution in [0.2, 0.25) is 0 Å². The number of rotatable bonds is 4. The third-order valence-corrected chi connectivity index (χ3v) is 4.34. The molecule has 2 nitrogen and oxygen atoms in total. The van der Waals surface area contributed by atoms with E-state index in [0.717, 1.165) is 18.4 Å². The van der Waals surface area contributed by atoms with Crippen molar-refractivity contribution in [2.75, 3.05) is 32.1 Å². The average molecular weight is 260 g/mol. The monoisotopic (exact) mass is 260 g/mol. The lowest BCUT2D eigenvalue weighted by molar-refractivity contribution is 0.139. The molecule has 0 N–H and O–H groups in total. The molecule has 1 aliphatic heterocycles. The van der Waals surface area contributed by atoms with Crippen molar-refractivity contribution in [3.8, 4) is 0 Å². The Bertz CT molecular complexity index is 381. The minimum atomic E-state index is 0.818. The molecule has 1 fully saturated rings. The zero-order chi connectivity index (χ0) is 13.8. The Kier molecular flexibility index (Phi) is 4.87. The summed E-state index contributed by atoms with van der Waals surface area (Å²) in [5.74, 6) is 1.70. The predicted octanol–water partition coefficient (Wildman–Crippen LogP) is 3.62. The fourth-order valence-corrected chi connectivity index (χ4v) is 2.94. The Morgan fingerprint density at radius 2 is 1.89 bits per heavy atom. The molecular weight excluding hydrogens is 232 g/mol. The van der Waals surface area contributed by atoms with Gasteiger partial charge in [0.15, 0.2) is 0 Å². The number of hydrogen-bond donors (Lipinski definition) is 0. The van der Waals surface area contributed by atoms with Gasteiger partial charge in [0.25, 0.3) is 0 Å². The Labute approximate surface area is 118 Å². The van der Waals surface area contributed by atoms with E-state index in [9.17, 15) is 0 Å². The van der Waals surface area contributed by atoms with Gasteiger partial charge in [-0.25, -0.2) is 0 Å². The summed E-state index contributed by atoms with van der Waals surface area (Å²) in [5.41, 5.74) is 2.72. The topological polar surface area (TPSA) is 6.48 Å². The number of benzene rings is 1. The molecule has 106 valence electrons. The average Bonchev–Trinajstić information content (AvgIpc) is 2.39. The van der Waals surface area contributed by atoms with Gasteiger partial charge in [0.1, 0.15) is 0 Å². The molecule has 0 amide bonds. The summed E-state index contributed by atoms with van der Waals surface area (Å²) < 4.78 is 0. The molecule has 0 bridgehead atoms. The van der Waals surface area contributed by atoms with E-state index in [1.165, 1.54) is 37.2 Å². The lowest BCUT2D eigenvalue weighted by Gasteiger charge is -2.34. The smallest absolute Gasteiger partial charge is 0.0361 e. The van der Waals surface area contributed by atoms with E-state index in [2.05, 4.69) is 62.0 Å². The summed E-state index contributed by atoms with van der Waals surface area (Å²) in [6, 6.07) is 8.99. The van der Waals surface area contributed by atoms with Crippen LogP contribution in [0.1, 0.15) is 32.3 Å². The van der Waals surface area contributed by atoms with E-state index < -0.39 is 0 Å². The van der Waals surface area contributed by atoms with Gasteiger partial charge in [-0.15, -0.1) is 0 Å². The first-order valence-corrected chi connectivity index (χ1v) is 7.55. The number of hydrogen-bond acceptors (Lipinski definition) is 2. The van der Waals surface area contributed by atoms with Crippen molar-refractivity contribution in [3.05, 3.63) is 29.8 Å². The zero-order valence-electron chi connectivity index (χ0n) is 12.9. The predicted molar refractivity (Wildman–Crippen MR) is 83.6 cm³/mol. The summed E-state index contributed by atoms with van der Waals surface area (Å²) in [7, 11) is 4.18. The van der Waals surface area contributed by atoms with Crippen LogP contribution in [0.4, 0.5) is 5.69 Å². The van der Waals surface area contributed by atoms with Crippen LogP contribution in [0.25, 0.3) is 0 Å². The maximum absolute atomic E-state index is 2.62. The Morgan fingerprint density at radius 3 is 2.47 bits per heavy atom. The third-order valence-electron chi connectivity index (χ3n) is 4.34. The molecule has 0 radical (unpaired) electrons. The lowest BCUT2D eigenvalue weighted by Crippen LogP contribution is -2.36. The molecule has 1 saturated heterocycles. The Hall–Kier alpha value is -1.02. The molecule has 19 heavy (non-hydrogen) atoms. The first-order valence-electron chi connectivity index (χ1n) is 7.55. The molecule has 1 heterocycles. The van der Waals surface area contributed by atoms with Crippen molar-refractivity contribution < 1.29 is 0 Å². The third kappa shape index (κ3) is 3.97. The number of piperidine rings is 1. The van der Waals surface area contributed by atoms with E-state index in [4.69, 9.17) is 0 Å². The van der Waals surface area contributed by atoms with Gasteiger partial charge in [-0.1, -0.05) is 26.0 Å². The summed E-state index contributed by atoms with van der Waals surface area (Å²) in [6.45, 7) is 8.36. The number of likely N-dealkylation sites (tertiary alicyclic amines) is 1. The Balaban J connectivity index is 1.93. The molecule has 1 atom stereocenters. The highest BCUT2D eigenvalue weighted by Crippen LogP contribution is 2.24. The van der Waals surface area contributed by atoms with Gasteiger partial charge in [-0.05, 0) is 48.9 Å². The van der Waals surface area contributed by atoms with Crippen molar-refractivity contribution in [1.29, 1.82) is 0 Å². The van der Waals surface area contributed by atoms with Crippen molar-refractivity contribution in [2.45, 2.75) is 33.2 Å². The maximum atomic E-state index is 2.62. The fourth-order valence-electron chi connectivity index (χ4n) is 2.94. The van der Waals surface area contributed by atoms with Crippen LogP contribution >= 0.6 is 0 Å².